The van der Waals surface area contributed by atoms with Crippen LogP contribution < -0.4 is 5.32 Å². The zero-order valence-electron chi connectivity index (χ0n) is 15.5. The Kier molecular flexibility index (Phi) is 4.46. The van der Waals surface area contributed by atoms with Gasteiger partial charge in [-0.1, -0.05) is 0 Å². The number of hydrogen-bond donors (Lipinski definition) is 1. The molecule has 0 fully saturated rings. The number of pyridine rings is 1. The van der Waals surface area contributed by atoms with Gasteiger partial charge >= 0.3 is 0 Å². The first-order valence-electron chi connectivity index (χ1n) is 8.74. The summed E-state index contributed by atoms with van der Waals surface area (Å²) in [6, 6.07) is 6.38. The summed E-state index contributed by atoms with van der Waals surface area (Å²) in [5.74, 6) is -0.292. The zero-order valence-corrected chi connectivity index (χ0v) is 15.5. The van der Waals surface area contributed by atoms with Crippen molar-refractivity contribution >= 4 is 22.7 Å². The van der Waals surface area contributed by atoms with E-state index in [-0.39, 0.29) is 23.2 Å². The van der Waals surface area contributed by atoms with Crippen molar-refractivity contribution in [1.82, 2.24) is 24.5 Å². The van der Waals surface area contributed by atoms with Gasteiger partial charge in [0.1, 0.15) is 17.0 Å². The van der Waals surface area contributed by atoms with Gasteiger partial charge in [-0.3, -0.25) is 4.98 Å². The number of nitrogens with one attached hydrogen (secondary N) is 1. The van der Waals surface area contributed by atoms with Crippen LogP contribution in [0.25, 0.3) is 22.3 Å². The quantitative estimate of drug-likeness (QED) is 0.561. The maximum Gasteiger partial charge on any atom is 0.227 e. The molecule has 3 aromatic heterocycles. The van der Waals surface area contributed by atoms with Gasteiger partial charge in [0.05, 0.1) is 29.8 Å². The van der Waals surface area contributed by atoms with Crippen LogP contribution in [-0.2, 0) is 0 Å². The number of hydrogen-bond acceptors (Lipinski definition) is 5. The number of benzene rings is 1. The third-order valence-corrected chi connectivity index (χ3v) is 4.33. The van der Waals surface area contributed by atoms with Crippen molar-refractivity contribution in [2.45, 2.75) is 26.8 Å². The maximum absolute atomic E-state index is 14.7. The van der Waals surface area contributed by atoms with E-state index in [1.807, 2.05) is 25.3 Å². The van der Waals surface area contributed by atoms with Gasteiger partial charge in [-0.25, -0.2) is 23.7 Å². The Labute approximate surface area is 160 Å². The van der Waals surface area contributed by atoms with E-state index in [1.165, 1.54) is 6.07 Å². The average Bonchev–Trinajstić information content (AvgIpc) is 3.01. The molecule has 4 rings (SSSR count). The second kappa shape index (κ2) is 6.95. The smallest absolute Gasteiger partial charge is 0.227 e. The summed E-state index contributed by atoms with van der Waals surface area (Å²) in [4.78, 5) is 16.4. The predicted molar refractivity (Wildman–Crippen MR) is 102 cm³/mol. The van der Waals surface area contributed by atoms with Gasteiger partial charge in [-0.05, 0) is 45.0 Å². The van der Waals surface area contributed by atoms with E-state index in [9.17, 15) is 8.78 Å². The molecule has 1 aromatic carbocycles. The van der Waals surface area contributed by atoms with Crippen molar-refractivity contribution in [3.05, 3.63) is 60.3 Å². The third kappa shape index (κ3) is 3.17. The molecule has 0 unspecified atom stereocenters. The number of halogens is 2. The molecule has 4 aromatic rings. The highest BCUT2D eigenvalue weighted by Crippen LogP contribution is 2.30. The molecule has 0 saturated carbocycles. The number of rotatable bonds is 4. The topological polar surface area (TPSA) is 68.5 Å². The van der Waals surface area contributed by atoms with Gasteiger partial charge in [-0.15, -0.1) is 0 Å². The largest absolute Gasteiger partial charge is 0.326 e. The highest BCUT2D eigenvalue weighted by molar-refractivity contribution is 5.83. The lowest BCUT2D eigenvalue weighted by Crippen LogP contribution is -2.03. The van der Waals surface area contributed by atoms with Gasteiger partial charge in [0.2, 0.25) is 5.95 Å². The van der Waals surface area contributed by atoms with E-state index in [1.54, 1.807) is 24.4 Å². The van der Waals surface area contributed by atoms with Gasteiger partial charge in [-0.2, -0.15) is 0 Å². The van der Waals surface area contributed by atoms with Crippen molar-refractivity contribution in [1.29, 1.82) is 0 Å². The zero-order chi connectivity index (χ0) is 19.8. The summed E-state index contributed by atoms with van der Waals surface area (Å²) in [7, 11) is 0. The minimum Gasteiger partial charge on any atom is -0.326 e. The van der Waals surface area contributed by atoms with E-state index >= 15 is 0 Å². The highest BCUT2D eigenvalue weighted by Gasteiger charge is 2.18. The first kappa shape index (κ1) is 18.0. The second-order valence-electron chi connectivity index (χ2n) is 6.64. The molecule has 1 N–H and O–H groups in total. The number of nitrogens with zero attached hydrogens (tertiary/aromatic N) is 5. The predicted octanol–water partition coefficient (Wildman–Crippen LogP) is 4.60. The molecular weight excluding hydrogens is 362 g/mol. The van der Waals surface area contributed by atoms with Crippen LogP contribution in [0.3, 0.4) is 0 Å². The van der Waals surface area contributed by atoms with Crippen LogP contribution in [0, 0.1) is 24.8 Å². The fraction of sp³-hybridized carbons (Fsp3) is 0.200. The molecule has 141 valence electrons. The van der Waals surface area contributed by atoms with Crippen molar-refractivity contribution in [2.24, 2.45) is 0 Å². The lowest BCUT2D eigenvalue weighted by molar-refractivity contribution is 0.600. The SMILES string of the molecule is Cc1nc2c(F)cc(-c3nc(Nc4cc[c]nc4)ncc3F)cc2n1C(C)C. The summed E-state index contributed by atoms with van der Waals surface area (Å²) in [5.41, 5.74) is 1.80. The molecule has 0 bridgehead atoms. The lowest BCUT2D eigenvalue weighted by Gasteiger charge is -2.12. The van der Waals surface area contributed by atoms with E-state index < -0.39 is 11.6 Å². The van der Waals surface area contributed by atoms with Gasteiger partial charge < -0.3 is 9.88 Å². The van der Waals surface area contributed by atoms with Crippen LogP contribution >= 0.6 is 0 Å². The molecule has 1 radical (unpaired) electrons. The molecule has 8 heteroatoms. The van der Waals surface area contributed by atoms with Crippen molar-refractivity contribution in [3.63, 3.8) is 0 Å². The Morgan fingerprint density at radius 3 is 2.64 bits per heavy atom. The molecule has 0 aliphatic rings. The van der Waals surface area contributed by atoms with Crippen LogP contribution in [0.5, 0.6) is 0 Å². The molecular formula is C20H17F2N6. The molecule has 0 saturated heterocycles. The van der Waals surface area contributed by atoms with Gasteiger partial charge in [0.25, 0.3) is 0 Å². The first-order chi connectivity index (χ1) is 13.4. The fourth-order valence-corrected chi connectivity index (χ4v) is 3.21. The number of fused-ring (bicyclic) bond motifs is 1. The molecule has 0 spiro atoms. The van der Waals surface area contributed by atoms with Crippen LogP contribution in [-0.4, -0.2) is 24.5 Å². The first-order valence-corrected chi connectivity index (χ1v) is 8.74. The van der Waals surface area contributed by atoms with Crippen LogP contribution in [0.1, 0.15) is 25.7 Å². The highest BCUT2D eigenvalue weighted by atomic mass is 19.1. The Hall–Kier alpha value is -3.42. The maximum atomic E-state index is 14.7. The van der Waals surface area contributed by atoms with Crippen LogP contribution in [0.4, 0.5) is 20.4 Å². The molecule has 6 nitrogen and oxygen atoms in total. The number of aryl methyl sites for hydroxylation is 1. The molecule has 0 aliphatic carbocycles. The summed E-state index contributed by atoms with van der Waals surface area (Å²) in [6.45, 7) is 5.78. The summed E-state index contributed by atoms with van der Waals surface area (Å²) >= 11 is 0. The van der Waals surface area contributed by atoms with Gasteiger partial charge in [0.15, 0.2) is 11.6 Å². The normalized spacial score (nSPS) is 11.4. The molecule has 0 amide bonds. The monoisotopic (exact) mass is 379 g/mol. The van der Waals surface area contributed by atoms with E-state index in [0.717, 1.165) is 6.20 Å². The van der Waals surface area contributed by atoms with Crippen LogP contribution in [0.2, 0.25) is 0 Å². The summed E-state index contributed by atoms with van der Waals surface area (Å²) in [5, 5.41) is 2.94. The van der Waals surface area contributed by atoms with Gasteiger partial charge in [0, 0.05) is 11.6 Å². The Balaban J connectivity index is 1.83. The molecule has 0 atom stereocenters. The number of aromatic nitrogens is 5. The Morgan fingerprint density at radius 2 is 1.93 bits per heavy atom. The molecule has 28 heavy (non-hydrogen) atoms. The average molecular weight is 379 g/mol. The standard InChI is InChI=1S/C20H17F2N6/c1-11(2)28-12(3)25-19-15(21)7-13(8-17(19)28)18-16(22)10-24-20(27-18)26-14-5-4-6-23-9-14/h4-5,7-11H,1-3H3,(H,24,26,27). The van der Waals surface area contributed by atoms with Crippen molar-refractivity contribution in [2.75, 3.05) is 5.32 Å². The third-order valence-electron chi connectivity index (χ3n) is 4.33. The van der Waals surface area contributed by atoms with E-state index in [0.29, 0.717) is 22.6 Å². The van der Waals surface area contributed by atoms with Crippen molar-refractivity contribution < 1.29 is 8.78 Å². The Bertz CT molecular complexity index is 1150. The number of anilines is 2. The van der Waals surface area contributed by atoms with Crippen molar-refractivity contribution in [3.8, 4) is 11.3 Å². The summed E-state index contributed by atoms with van der Waals surface area (Å²) < 4.78 is 31.1. The van der Waals surface area contributed by atoms with E-state index in [2.05, 4.69) is 31.4 Å². The Morgan fingerprint density at radius 1 is 1.11 bits per heavy atom. The lowest BCUT2D eigenvalue weighted by atomic mass is 10.1. The second-order valence-corrected chi connectivity index (χ2v) is 6.64. The fourth-order valence-electron chi connectivity index (χ4n) is 3.21. The van der Waals surface area contributed by atoms with E-state index in [4.69, 9.17) is 0 Å². The van der Waals surface area contributed by atoms with Crippen LogP contribution in [0.15, 0.2) is 36.7 Å². The minimum absolute atomic E-state index is 0.00270. The summed E-state index contributed by atoms with van der Waals surface area (Å²) in [6.07, 6.45) is 5.26. The molecule has 0 aliphatic heterocycles. The minimum atomic E-state index is -0.642. The molecule has 3 heterocycles. The number of imidazole rings is 1.